The summed E-state index contributed by atoms with van der Waals surface area (Å²) in [5.74, 6) is 1.65. The molecule has 1 aliphatic heterocycles. The van der Waals surface area contributed by atoms with E-state index in [-0.39, 0.29) is 0 Å². The van der Waals surface area contributed by atoms with Crippen molar-refractivity contribution in [2.24, 2.45) is 5.92 Å². The number of rotatable bonds is 6. The van der Waals surface area contributed by atoms with E-state index in [1.807, 2.05) is 12.1 Å². The lowest BCUT2D eigenvalue weighted by molar-refractivity contribution is 0.0405. The molecule has 1 unspecified atom stereocenters. The smallest absolute Gasteiger partial charge is 0.119 e. The molecule has 1 atom stereocenters. The van der Waals surface area contributed by atoms with Crippen molar-refractivity contribution in [3.8, 4) is 5.75 Å². The number of hydrogen-bond donors (Lipinski definition) is 0. The normalized spacial score (nSPS) is 19.6. The minimum absolute atomic E-state index is 0.693. The summed E-state index contributed by atoms with van der Waals surface area (Å²) in [4.78, 5) is 2.34. The number of nitrogens with zero attached hydrogens (tertiary/aromatic N) is 1. The molecule has 1 aromatic rings. The van der Waals surface area contributed by atoms with E-state index >= 15 is 0 Å². The Morgan fingerprint density at radius 3 is 2.79 bits per heavy atom. The van der Waals surface area contributed by atoms with Gasteiger partial charge in [0.05, 0.1) is 6.61 Å². The van der Waals surface area contributed by atoms with Crippen LogP contribution >= 0.6 is 0 Å². The van der Waals surface area contributed by atoms with Crippen molar-refractivity contribution >= 4 is 0 Å². The monoisotopic (exact) mass is 263 g/mol. The summed E-state index contributed by atoms with van der Waals surface area (Å²) >= 11 is 0. The molecular formula is C16H25NO2. The predicted molar refractivity (Wildman–Crippen MR) is 77.7 cm³/mol. The summed E-state index contributed by atoms with van der Waals surface area (Å²) in [7, 11) is 2.16. The average Bonchev–Trinajstić information content (AvgIpc) is 2.42. The fourth-order valence-electron chi connectivity index (χ4n) is 2.44. The lowest BCUT2D eigenvalue weighted by Crippen LogP contribution is -2.33. The minimum Gasteiger partial charge on any atom is -0.492 e. The third-order valence-corrected chi connectivity index (χ3v) is 3.59. The van der Waals surface area contributed by atoms with E-state index in [2.05, 4.69) is 31.0 Å². The number of hydrogen-bond acceptors (Lipinski definition) is 3. The van der Waals surface area contributed by atoms with E-state index in [1.54, 1.807) is 0 Å². The summed E-state index contributed by atoms with van der Waals surface area (Å²) in [6.07, 6.45) is 2.50. The van der Waals surface area contributed by atoms with E-state index in [0.717, 1.165) is 38.7 Å². The van der Waals surface area contributed by atoms with Gasteiger partial charge in [-0.25, -0.2) is 0 Å². The van der Waals surface area contributed by atoms with Crippen molar-refractivity contribution in [2.75, 3.05) is 40.0 Å². The van der Waals surface area contributed by atoms with E-state index < -0.39 is 0 Å². The van der Waals surface area contributed by atoms with Gasteiger partial charge in [0.1, 0.15) is 12.4 Å². The molecule has 1 aromatic carbocycles. The van der Waals surface area contributed by atoms with Crippen molar-refractivity contribution in [1.29, 1.82) is 0 Å². The SMILES string of the molecule is Cc1ccc(OCCN(C)CC2CCCOC2)cc1. The highest BCUT2D eigenvalue weighted by molar-refractivity contribution is 5.26. The molecule has 19 heavy (non-hydrogen) atoms. The van der Waals surface area contributed by atoms with Gasteiger partial charge in [-0.2, -0.15) is 0 Å². The zero-order valence-electron chi connectivity index (χ0n) is 12.1. The summed E-state index contributed by atoms with van der Waals surface area (Å²) < 4.78 is 11.3. The molecule has 0 N–H and O–H groups in total. The van der Waals surface area contributed by atoms with Crippen molar-refractivity contribution in [3.05, 3.63) is 29.8 Å². The second-order valence-corrected chi connectivity index (χ2v) is 5.51. The molecular weight excluding hydrogens is 238 g/mol. The summed E-state index contributed by atoms with van der Waals surface area (Å²) in [6.45, 7) is 6.76. The van der Waals surface area contributed by atoms with Gasteiger partial charge in [-0.1, -0.05) is 17.7 Å². The third kappa shape index (κ3) is 5.21. The van der Waals surface area contributed by atoms with Crippen LogP contribution in [0.3, 0.4) is 0 Å². The van der Waals surface area contributed by atoms with Crippen LogP contribution in [0.1, 0.15) is 18.4 Å². The molecule has 0 aliphatic carbocycles. The van der Waals surface area contributed by atoms with Gasteiger partial charge in [-0.05, 0) is 44.9 Å². The second-order valence-electron chi connectivity index (χ2n) is 5.51. The molecule has 0 radical (unpaired) electrons. The molecule has 1 aliphatic rings. The van der Waals surface area contributed by atoms with Crippen LogP contribution in [0.15, 0.2) is 24.3 Å². The Morgan fingerprint density at radius 2 is 2.11 bits per heavy atom. The van der Waals surface area contributed by atoms with Crippen LogP contribution in [-0.4, -0.2) is 44.9 Å². The molecule has 106 valence electrons. The Hall–Kier alpha value is -1.06. The van der Waals surface area contributed by atoms with Gasteiger partial charge in [0.2, 0.25) is 0 Å². The van der Waals surface area contributed by atoms with Crippen LogP contribution in [0, 0.1) is 12.8 Å². The first-order chi connectivity index (χ1) is 9.24. The first kappa shape index (κ1) is 14.4. The number of likely N-dealkylation sites (N-methyl/N-ethyl adjacent to an activating group) is 1. The molecule has 3 heteroatoms. The minimum atomic E-state index is 0.693. The highest BCUT2D eigenvalue weighted by Crippen LogP contribution is 2.14. The Kier molecular flexibility index (Phi) is 5.67. The van der Waals surface area contributed by atoms with Gasteiger partial charge in [-0.15, -0.1) is 0 Å². The summed E-state index contributed by atoms with van der Waals surface area (Å²) in [5.41, 5.74) is 1.27. The van der Waals surface area contributed by atoms with E-state index in [0.29, 0.717) is 5.92 Å². The van der Waals surface area contributed by atoms with Crippen molar-refractivity contribution < 1.29 is 9.47 Å². The molecule has 1 fully saturated rings. The summed E-state index contributed by atoms with van der Waals surface area (Å²) in [5, 5.41) is 0. The molecule has 0 spiro atoms. The number of benzene rings is 1. The molecule has 0 aromatic heterocycles. The van der Waals surface area contributed by atoms with Gasteiger partial charge in [0.25, 0.3) is 0 Å². The Labute approximate surface area is 116 Å². The lowest BCUT2D eigenvalue weighted by atomic mass is 10.0. The molecule has 1 heterocycles. The topological polar surface area (TPSA) is 21.7 Å². The molecule has 0 amide bonds. The van der Waals surface area contributed by atoms with Gasteiger partial charge in [0.15, 0.2) is 0 Å². The third-order valence-electron chi connectivity index (χ3n) is 3.59. The zero-order chi connectivity index (χ0) is 13.5. The van der Waals surface area contributed by atoms with Crippen LogP contribution in [0.5, 0.6) is 5.75 Å². The van der Waals surface area contributed by atoms with E-state index in [4.69, 9.17) is 9.47 Å². The molecule has 2 rings (SSSR count). The highest BCUT2D eigenvalue weighted by Gasteiger charge is 2.15. The maximum atomic E-state index is 5.75. The molecule has 0 bridgehead atoms. The number of aryl methyl sites for hydroxylation is 1. The first-order valence-corrected chi connectivity index (χ1v) is 7.20. The standard InChI is InChI=1S/C16H25NO2/c1-14-5-7-16(8-6-14)19-11-9-17(2)12-15-4-3-10-18-13-15/h5-8,15H,3-4,9-13H2,1-2H3. The van der Waals surface area contributed by atoms with Crippen LogP contribution in [0.4, 0.5) is 0 Å². The first-order valence-electron chi connectivity index (χ1n) is 7.20. The fourth-order valence-corrected chi connectivity index (χ4v) is 2.44. The van der Waals surface area contributed by atoms with Crippen LogP contribution in [0.2, 0.25) is 0 Å². The highest BCUT2D eigenvalue weighted by atomic mass is 16.5. The summed E-state index contributed by atoms with van der Waals surface area (Å²) in [6, 6.07) is 8.23. The van der Waals surface area contributed by atoms with Crippen LogP contribution in [-0.2, 0) is 4.74 Å². The molecule has 0 saturated carbocycles. The molecule has 3 nitrogen and oxygen atoms in total. The maximum absolute atomic E-state index is 5.75. The Bertz CT molecular complexity index is 358. The quantitative estimate of drug-likeness (QED) is 0.787. The maximum Gasteiger partial charge on any atom is 0.119 e. The van der Waals surface area contributed by atoms with E-state index in [1.165, 1.54) is 18.4 Å². The average molecular weight is 263 g/mol. The Balaban J connectivity index is 1.63. The largest absolute Gasteiger partial charge is 0.492 e. The number of ether oxygens (including phenoxy) is 2. The van der Waals surface area contributed by atoms with Crippen LogP contribution < -0.4 is 4.74 Å². The van der Waals surface area contributed by atoms with Crippen molar-refractivity contribution in [2.45, 2.75) is 19.8 Å². The van der Waals surface area contributed by atoms with Crippen molar-refractivity contribution in [1.82, 2.24) is 4.90 Å². The van der Waals surface area contributed by atoms with Gasteiger partial charge >= 0.3 is 0 Å². The van der Waals surface area contributed by atoms with Gasteiger partial charge in [0, 0.05) is 19.7 Å². The Morgan fingerprint density at radius 1 is 1.32 bits per heavy atom. The van der Waals surface area contributed by atoms with Crippen LogP contribution in [0.25, 0.3) is 0 Å². The van der Waals surface area contributed by atoms with E-state index in [9.17, 15) is 0 Å². The lowest BCUT2D eigenvalue weighted by Gasteiger charge is -2.27. The zero-order valence-corrected chi connectivity index (χ0v) is 12.1. The fraction of sp³-hybridized carbons (Fsp3) is 0.625. The molecule has 1 saturated heterocycles. The van der Waals surface area contributed by atoms with Crippen molar-refractivity contribution in [3.63, 3.8) is 0 Å². The van der Waals surface area contributed by atoms with Gasteiger partial charge in [-0.3, -0.25) is 0 Å². The second kappa shape index (κ2) is 7.51. The van der Waals surface area contributed by atoms with Gasteiger partial charge < -0.3 is 14.4 Å². The predicted octanol–water partition coefficient (Wildman–Crippen LogP) is 2.73.